The van der Waals surface area contributed by atoms with Crippen molar-refractivity contribution in [2.45, 2.75) is 6.54 Å². The van der Waals surface area contributed by atoms with Gasteiger partial charge < -0.3 is 9.88 Å². The second-order valence-corrected chi connectivity index (χ2v) is 5.86. The smallest absolute Gasteiger partial charge is 0.269 e. The number of amides is 1. The molecular formula is C17H12Cl2N2O2. The summed E-state index contributed by atoms with van der Waals surface area (Å²) in [6, 6.07) is 14.7. The highest BCUT2D eigenvalue weighted by Crippen LogP contribution is 2.22. The van der Waals surface area contributed by atoms with E-state index in [1.807, 2.05) is 42.5 Å². The summed E-state index contributed by atoms with van der Waals surface area (Å²) in [5, 5.41) is 5.05. The largest absolute Gasteiger partial charge is 0.324 e. The highest BCUT2D eigenvalue weighted by Gasteiger charge is 2.10. The van der Waals surface area contributed by atoms with Gasteiger partial charge in [0.1, 0.15) is 11.6 Å². The molecule has 23 heavy (non-hydrogen) atoms. The zero-order valence-electron chi connectivity index (χ0n) is 11.9. The fourth-order valence-electron chi connectivity index (χ4n) is 2.36. The Bertz CT molecular complexity index is 945. The van der Waals surface area contributed by atoms with E-state index >= 15 is 0 Å². The Morgan fingerprint density at radius 3 is 2.65 bits per heavy atom. The first-order valence-corrected chi connectivity index (χ1v) is 7.63. The minimum Gasteiger partial charge on any atom is -0.324 e. The van der Waals surface area contributed by atoms with Gasteiger partial charge in [0, 0.05) is 17.3 Å². The lowest BCUT2D eigenvalue weighted by molar-refractivity contribution is -0.116. The van der Waals surface area contributed by atoms with Gasteiger partial charge in [0.25, 0.3) is 5.56 Å². The molecule has 0 fully saturated rings. The Hall–Kier alpha value is -2.30. The molecule has 1 heterocycles. The molecule has 4 nitrogen and oxygen atoms in total. The highest BCUT2D eigenvalue weighted by atomic mass is 35.5. The van der Waals surface area contributed by atoms with E-state index in [4.69, 9.17) is 23.2 Å². The van der Waals surface area contributed by atoms with Crippen molar-refractivity contribution in [2.75, 3.05) is 5.32 Å². The van der Waals surface area contributed by atoms with E-state index in [-0.39, 0.29) is 17.5 Å². The molecule has 116 valence electrons. The van der Waals surface area contributed by atoms with Crippen molar-refractivity contribution in [1.82, 2.24) is 4.57 Å². The molecule has 2 aromatic carbocycles. The fraction of sp³-hybridized carbons (Fsp3) is 0.0588. The second-order valence-electron chi connectivity index (χ2n) is 5.01. The summed E-state index contributed by atoms with van der Waals surface area (Å²) in [5.41, 5.74) is 0.235. The van der Waals surface area contributed by atoms with Crippen molar-refractivity contribution >= 4 is 45.6 Å². The molecule has 1 amide bonds. The summed E-state index contributed by atoms with van der Waals surface area (Å²) < 4.78 is 1.19. The van der Waals surface area contributed by atoms with E-state index in [2.05, 4.69) is 5.32 Å². The summed E-state index contributed by atoms with van der Waals surface area (Å²) >= 11 is 11.7. The van der Waals surface area contributed by atoms with Crippen LogP contribution in [0.4, 0.5) is 5.69 Å². The van der Waals surface area contributed by atoms with Crippen LogP contribution in [0.5, 0.6) is 0 Å². The molecule has 0 aliphatic heterocycles. The molecule has 0 spiro atoms. The lowest BCUT2D eigenvalue weighted by atomic mass is 10.1. The van der Waals surface area contributed by atoms with Crippen LogP contribution in [0.1, 0.15) is 0 Å². The minimum absolute atomic E-state index is 0.0181. The molecule has 3 aromatic rings. The Balaban J connectivity index is 1.86. The first-order valence-electron chi connectivity index (χ1n) is 6.88. The van der Waals surface area contributed by atoms with E-state index in [0.29, 0.717) is 10.7 Å². The number of carbonyl (C=O) groups excluding carboxylic acids is 1. The van der Waals surface area contributed by atoms with Crippen LogP contribution in [-0.2, 0) is 11.3 Å². The molecule has 1 N–H and O–H groups in total. The molecule has 0 saturated carbocycles. The molecule has 0 bridgehead atoms. The van der Waals surface area contributed by atoms with E-state index in [1.54, 1.807) is 0 Å². The van der Waals surface area contributed by atoms with Crippen LogP contribution in [0.15, 0.2) is 59.5 Å². The SMILES string of the molecule is O=C(Cn1cc(Cl)cc(Cl)c1=O)Nc1cccc2ccccc12. The highest BCUT2D eigenvalue weighted by molar-refractivity contribution is 6.34. The third kappa shape index (κ3) is 3.38. The maximum atomic E-state index is 12.2. The monoisotopic (exact) mass is 346 g/mol. The number of pyridine rings is 1. The Morgan fingerprint density at radius 2 is 1.83 bits per heavy atom. The number of carbonyl (C=O) groups is 1. The number of halogens is 2. The van der Waals surface area contributed by atoms with Gasteiger partial charge in [0.2, 0.25) is 5.91 Å². The van der Waals surface area contributed by atoms with Crippen LogP contribution >= 0.6 is 23.2 Å². The summed E-state index contributed by atoms with van der Waals surface area (Å²) in [6.45, 7) is -0.164. The number of nitrogens with zero attached hydrogens (tertiary/aromatic N) is 1. The third-order valence-corrected chi connectivity index (χ3v) is 3.86. The van der Waals surface area contributed by atoms with Crippen LogP contribution in [0.2, 0.25) is 10.0 Å². The molecule has 0 aliphatic rings. The number of aromatic nitrogens is 1. The van der Waals surface area contributed by atoms with Gasteiger partial charge in [-0.1, -0.05) is 59.6 Å². The first-order chi connectivity index (χ1) is 11.0. The Kier molecular flexibility index (Phi) is 4.37. The number of benzene rings is 2. The molecule has 1 aromatic heterocycles. The van der Waals surface area contributed by atoms with E-state index in [9.17, 15) is 9.59 Å². The molecule has 0 atom stereocenters. The van der Waals surface area contributed by atoms with Crippen molar-refractivity contribution in [2.24, 2.45) is 0 Å². The molecule has 0 unspecified atom stereocenters. The van der Waals surface area contributed by atoms with Gasteiger partial charge in [-0.05, 0) is 17.5 Å². The standard InChI is InChI=1S/C17H12Cl2N2O2/c18-12-8-14(19)17(23)21(9-12)10-16(22)20-15-7-3-5-11-4-1-2-6-13(11)15/h1-9H,10H2,(H,20,22). The van der Waals surface area contributed by atoms with Crippen molar-refractivity contribution < 1.29 is 4.79 Å². The average Bonchev–Trinajstić information content (AvgIpc) is 2.52. The predicted molar refractivity (Wildman–Crippen MR) is 93.3 cm³/mol. The van der Waals surface area contributed by atoms with Crippen molar-refractivity contribution in [3.63, 3.8) is 0 Å². The van der Waals surface area contributed by atoms with Crippen molar-refractivity contribution in [1.29, 1.82) is 0 Å². The fourth-order valence-corrected chi connectivity index (χ4v) is 2.87. The minimum atomic E-state index is -0.455. The molecule has 0 aliphatic carbocycles. The first kappa shape index (κ1) is 15.6. The lowest BCUT2D eigenvalue weighted by Gasteiger charge is -2.10. The maximum absolute atomic E-state index is 12.2. The third-order valence-electron chi connectivity index (χ3n) is 3.39. The van der Waals surface area contributed by atoms with Crippen LogP contribution in [0, 0.1) is 0 Å². The topological polar surface area (TPSA) is 51.1 Å². The van der Waals surface area contributed by atoms with E-state index < -0.39 is 5.56 Å². The number of nitrogens with one attached hydrogen (secondary N) is 1. The van der Waals surface area contributed by atoms with Gasteiger partial charge in [-0.25, -0.2) is 0 Å². The zero-order valence-corrected chi connectivity index (χ0v) is 13.4. The molecule has 0 saturated heterocycles. The van der Waals surface area contributed by atoms with Gasteiger partial charge in [-0.15, -0.1) is 0 Å². The van der Waals surface area contributed by atoms with Crippen LogP contribution in [0.3, 0.4) is 0 Å². The second kappa shape index (κ2) is 6.44. The summed E-state index contributed by atoms with van der Waals surface area (Å²) in [5.74, 6) is -0.332. The van der Waals surface area contributed by atoms with E-state index in [1.165, 1.54) is 16.8 Å². The molecule has 0 radical (unpaired) electrons. The average molecular weight is 347 g/mol. The number of hydrogen-bond donors (Lipinski definition) is 1. The van der Waals surface area contributed by atoms with Crippen LogP contribution < -0.4 is 10.9 Å². The van der Waals surface area contributed by atoms with Crippen molar-refractivity contribution in [3.8, 4) is 0 Å². The van der Waals surface area contributed by atoms with Crippen LogP contribution in [0.25, 0.3) is 10.8 Å². The summed E-state index contributed by atoms with van der Waals surface area (Å²) in [7, 11) is 0. The summed E-state index contributed by atoms with van der Waals surface area (Å²) in [4.78, 5) is 24.2. The molecule has 3 rings (SSSR count). The number of fused-ring (bicyclic) bond motifs is 1. The number of anilines is 1. The van der Waals surface area contributed by atoms with E-state index in [0.717, 1.165) is 10.8 Å². The zero-order chi connectivity index (χ0) is 16.4. The number of hydrogen-bond acceptors (Lipinski definition) is 2. The normalized spacial score (nSPS) is 10.7. The molecule has 6 heteroatoms. The van der Waals surface area contributed by atoms with Gasteiger partial charge >= 0.3 is 0 Å². The lowest BCUT2D eigenvalue weighted by Crippen LogP contribution is -2.27. The Morgan fingerprint density at radius 1 is 1.09 bits per heavy atom. The van der Waals surface area contributed by atoms with Gasteiger partial charge in [0.05, 0.1) is 5.02 Å². The van der Waals surface area contributed by atoms with Gasteiger partial charge in [-0.2, -0.15) is 0 Å². The van der Waals surface area contributed by atoms with Gasteiger partial charge in [0.15, 0.2) is 0 Å². The quantitative estimate of drug-likeness (QED) is 0.780. The van der Waals surface area contributed by atoms with Crippen molar-refractivity contribution in [3.05, 3.63) is 75.1 Å². The van der Waals surface area contributed by atoms with Crippen LogP contribution in [-0.4, -0.2) is 10.5 Å². The van der Waals surface area contributed by atoms with Gasteiger partial charge in [-0.3, -0.25) is 9.59 Å². The molecular weight excluding hydrogens is 335 g/mol. The number of rotatable bonds is 3. The maximum Gasteiger partial charge on any atom is 0.269 e. The summed E-state index contributed by atoms with van der Waals surface area (Å²) in [6.07, 6.45) is 1.39. The Labute approximate surface area is 142 Å². The predicted octanol–water partition coefficient (Wildman–Crippen LogP) is 3.95.